The zero-order valence-electron chi connectivity index (χ0n) is 23.7. The number of benzene rings is 3. The van der Waals surface area contributed by atoms with Gasteiger partial charge in [0.2, 0.25) is 0 Å². The average Bonchev–Trinajstić information content (AvgIpc) is 3.00. The van der Waals surface area contributed by atoms with Gasteiger partial charge in [-0.15, -0.1) is 0 Å². The van der Waals surface area contributed by atoms with Crippen LogP contribution in [0.5, 0.6) is 11.5 Å². The summed E-state index contributed by atoms with van der Waals surface area (Å²) in [5.41, 5.74) is 4.98. The first-order valence-corrected chi connectivity index (χ1v) is 13.9. The molecule has 0 radical (unpaired) electrons. The van der Waals surface area contributed by atoms with Crippen molar-refractivity contribution < 1.29 is 28.5 Å². The topological polar surface area (TPSA) is 83.4 Å². The van der Waals surface area contributed by atoms with E-state index in [2.05, 4.69) is 0 Å². The number of hydrogen-bond donors (Lipinski definition) is 0. The number of nitrogens with zero attached hydrogens (tertiary/aromatic N) is 1. The van der Waals surface area contributed by atoms with Crippen molar-refractivity contribution in [3.05, 3.63) is 107 Å². The Morgan fingerprint density at radius 3 is 2.22 bits per heavy atom. The largest absolute Gasteiger partial charge is 0.497 e. The van der Waals surface area contributed by atoms with E-state index >= 15 is 0 Å². The number of Topliss-reactive ketones (excluding diaryl/α,β-unsaturated/α-hetero) is 1. The lowest BCUT2D eigenvalue weighted by molar-refractivity contribution is -0.147. The predicted molar refractivity (Wildman–Crippen MR) is 156 cm³/mol. The van der Waals surface area contributed by atoms with Gasteiger partial charge < -0.3 is 18.9 Å². The maximum absolute atomic E-state index is 13.8. The summed E-state index contributed by atoms with van der Waals surface area (Å²) in [6.45, 7) is 2.73. The summed E-state index contributed by atoms with van der Waals surface area (Å²) in [6, 6.07) is 25.4. The van der Waals surface area contributed by atoms with Crippen LogP contribution in [0.3, 0.4) is 0 Å². The van der Waals surface area contributed by atoms with Gasteiger partial charge in [0.15, 0.2) is 5.78 Å². The number of methoxy groups -OCH3 is 2. The van der Waals surface area contributed by atoms with Crippen LogP contribution in [0.4, 0.5) is 0 Å². The number of ether oxygens (including phenoxy) is 4. The summed E-state index contributed by atoms with van der Waals surface area (Å²) in [5.74, 6) is -0.117. The van der Waals surface area contributed by atoms with E-state index in [9.17, 15) is 9.59 Å². The van der Waals surface area contributed by atoms with Crippen molar-refractivity contribution in [3.8, 4) is 11.5 Å². The van der Waals surface area contributed by atoms with E-state index in [1.165, 1.54) is 0 Å². The molecule has 3 aromatic rings. The molecule has 212 valence electrons. The molecule has 1 heterocycles. The van der Waals surface area contributed by atoms with Gasteiger partial charge in [0.25, 0.3) is 0 Å². The standard InChI is InChI=1S/C34H35NO6/c1-22-31(34(37)40-18-17-38-2)32(25-11-15-28(16-12-25)41-21-23-7-5-4-6-8-23)33-29(35-22)19-26(20-30(33)36)24-9-13-27(39-3)14-10-24/h4-16,26,31-32H,17-21H2,1-3H3/t26-,31?,32-/m1/s1. The number of allylic oxidation sites excluding steroid dienone is 2. The summed E-state index contributed by atoms with van der Waals surface area (Å²) in [5, 5.41) is 0. The molecule has 0 aromatic heterocycles. The molecule has 0 bridgehead atoms. The van der Waals surface area contributed by atoms with Crippen LogP contribution in [0.15, 0.2) is 95.1 Å². The number of aliphatic imine (C=N–C) groups is 1. The Morgan fingerprint density at radius 2 is 1.54 bits per heavy atom. The van der Waals surface area contributed by atoms with Crippen molar-refractivity contribution in [2.24, 2.45) is 10.9 Å². The summed E-state index contributed by atoms with van der Waals surface area (Å²) >= 11 is 0. The van der Waals surface area contributed by atoms with E-state index in [4.69, 9.17) is 23.9 Å². The van der Waals surface area contributed by atoms with Gasteiger partial charge >= 0.3 is 5.97 Å². The molecule has 0 spiro atoms. The van der Waals surface area contributed by atoms with Gasteiger partial charge in [0, 0.05) is 36.4 Å². The minimum absolute atomic E-state index is 0.00308. The third kappa shape index (κ3) is 6.41. The van der Waals surface area contributed by atoms with Gasteiger partial charge in [-0.05, 0) is 60.2 Å². The lowest BCUT2D eigenvalue weighted by Gasteiger charge is -2.36. The van der Waals surface area contributed by atoms with E-state index in [0.29, 0.717) is 43.1 Å². The van der Waals surface area contributed by atoms with Gasteiger partial charge in [-0.2, -0.15) is 0 Å². The van der Waals surface area contributed by atoms with Crippen LogP contribution in [0.1, 0.15) is 48.3 Å². The maximum atomic E-state index is 13.8. The first-order chi connectivity index (χ1) is 20.0. The predicted octanol–water partition coefficient (Wildman–Crippen LogP) is 6.04. The van der Waals surface area contributed by atoms with Crippen LogP contribution >= 0.6 is 0 Å². The first kappa shape index (κ1) is 28.3. The first-order valence-electron chi connectivity index (χ1n) is 13.9. The summed E-state index contributed by atoms with van der Waals surface area (Å²) in [7, 11) is 3.19. The van der Waals surface area contributed by atoms with Crippen molar-refractivity contribution in [1.82, 2.24) is 0 Å². The van der Waals surface area contributed by atoms with Crippen molar-refractivity contribution >= 4 is 17.5 Å². The fourth-order valence-corrected chi connectivity index (χ4v) is 5.66. The van der Waals surface area contributed by atoms with Crippen molar-refractivity contribution in [1.29, 1.82) is 0 Å². The molecule has 0 amide bonds. The van der Waals surface area contributed by atoms with Crippen molar-refractivity contribution in [2.45, 2.75) is 38.2 Å². The highest BCUT2D eigenvalue weighted by atomic mass is 16.6. The van der Waals surface area contributed by atoms with Gasteiger partial charge in [-0.25, -0.2) is 0 Å². The average molecular weight is 554 g/mol. The molecule has 2 aliphatic rings. The van der Waals surface area contributed by atoms with Gasteiger partial charge in [-0.3, -0.25) is 14.6 Å². The number of carbonyl (C=O) groups excluding carboxylic acids is 2. The number of hydrogen-bond acceptors (Lipinski definition) is 7. The highest BCUT2D eigenvalue weighted by Crippen LogP contribution is 2.47. The van der Waals surface area contributed by atoms with Crippen molar-refractivity contribution in [2.75, 3.05) is 27.4 Å². The van der Waals surface area contributed by atoms with Gasteiger partial charge in [0.1, 0.15) is 30.6 Å². The van der Waals surface area contributed by atoms with E-state index in [-0.39, 0.29) is 18.3 Å². The third-order valence-electron chi connectivity index (χ3n) is 7.75. The lowest BCUT2D eigenvalue weighted by atomic mass is 9.69. The highest BCUT2D eigenvalue weighted by Gasteiger charge is 2.44. The summed E-state index contributed by atoms with van der Waals surface area (Å²) in [4.78, 5) is 32.1. The summed E-state index contributed by atoms with van der Waals surface area (Å²) < 4.78 is 21.9. The second kappa shape index (κ2) is 13.0. The van der Waals surface area contributed by atoms with Crippen LogP contribution in [0.25, 0.3) is 0 Å². The number of ketones is 1. The Bertz CT molecular complexity index is 1430. The Labute approximate surface area is 240 Å². The van der Waals surface area contributed by atoms with Crippen LogP contribution < -0.4 is 9.47 Å². The van der Waals surface area contributed by atoms with Gasteiger partial charge in [-0.1, -0.05) is 54.6 Å². The molecule has 7 heteroatoms. The molecule has 1 aliphatic heterocycles. The maximum Gasteiger partial charge on any atom is 0.315 e. The highest BCUT2D eigenvalue weighted by molar-refractivity contribution is 6.09. The number of carbonyl (C=O) groups is 2. The fraction of sp³-hybridized carbons (Fsp3) is 0.324. The van der Waals surface area contributed by atoms with Crippen LogP contribution in [-0.4, -0.2) is 44.9 Å². The molecule has 3 atom stereocenters. The van der Waals surface area contributed by atoms with E-state index in [1.807, 2.05) is 85.8 Å². The molecule has 1 unspecified atom stereocenters. The molecular formula is C34H35NO6. The van der Waals surface area contributed by atoms with Crippen LogP contribution in [0.2, 0.25) is 0 Å². The minimum Gasteiger partial charge on any atom is -0.497 e. The zero-order chi connectivity index (χ0) is 28.8. The van der Waals surface area contributed by atoms with E-state index in [0.717, 1.165) is 28.1 Å². The van der Waals surface area contributed by atoms with Crippen molar-refractivity contribution in [3.63, 3.8) is 0 Å². The smallest absolute Gasteiger partial charge is 0.315 e. The Balaban J connectivity index is 1.45. The van der Waals surface area contributed by atoms with Crippen LogP contribution in [0, 0.1) is 5.92 Å². The molecule has 0 saturated carbocycles. The molecule has 7 nitrogen and oxygen atoms in total. The monoisotopic (exact) mass is 553 g/mol. The second-order valence-electron chi connectivity index (χ2n) is 10.4. The zero-order valence-corrected chi connectivity index (χ0v) is 23.7. The minimum atomic E-state index is -0.705. The Hall–Kier alpha value is -4.23. The molecule has 41 heavy (non-hydrogen) atoms. The van der Waals surface area contributed by atoms with E-state index in [1.54, 1.807) is 14.2 Å². The molecule has 1 aliphatic carbocycles. The fourth-order valence-electron chi connectivity index (χ4n) is 5.66. The molecule has 0 fully saturated rings. The molecule has 0 saturated heterocycles. The van der Waals surface area contributed by atoms with Gasteiger partial charge in [0.05, 0.1) is 13.7 Å². The third-order valence-corrected chi connectivity index (χ3v) is 7.75. The molecule has 0 N–H and O–H groups in total. The second-order valence-corrected chi connectivity index (χ2v) is 10.4. The quantitative estimate of drug-likeness (QED) is 0.225. The Kier molecular flexibility index (Phi) is 8.95. The molecular weight excluding hydrogens is 518 g/mol. The SMILES string of the molecule is COCCOC(=O)C1C(C)=NC2=C(C(=O)C[C@H](c3ccc(OC)cc3)C2)[C@@H]1c1ccc(OCc2ccccc2)cc1. The van der Waals surface area contributed by atoms with Crippen LogP contribution in [-0.2, 0) is 25.7 Å². The normalized spacial score (nSPS) is 20.2. The molecule has 5 rings (SSSR count). The molecule has 3 aromatic carbocycles. The number of esters is 1. The number of rotatable bonds is 10. The Morgan fingerprint density at radius 1 is 0.854 bits per heavy atom. The van der Waals surface area contributed by atoms with E-state index < -0.39 is 17.8 Å². The lowest BCUT2D eigenvalue weighted by Crippen LogP contribution is -2.38. The summed E-state index contributed by atoms with van der Waals surface area (Å²) in [6.07, 6.45) is 0.963.